The minimum absolute atomic E-state index is 0.0637. The fourth-order valence-corrected chi connectivity index (χ4v) is 4.44. The van der Waals surface area contributed by atoms with Crippen LogP contribution in [0.1, 0.15) is 43.5 Å². The quantitative estimate of drug-likeness (QED) is 0.512. The average molecular weight is 410 g/mol. The number of nitrogens with zero attached hydrogens (tertiary/aromatic N) is 1. The lowest BCUT2D eigenvalue weighted by molar-refractivity contribution is -0.153. The van der Waals surface area contributed by atoms with Gasteiger partial charge in [-0.1, -0.05) is 19.1 Å². The van der Waals surface area contributed by atoms with Gasteiger partial charge in [0.15, 0.2) is 12.4 Å². The molecule has 154 valence electrons. The zero-order chi connectivity index (χ0) is 20.7. The summed E-state index contributed by atoms with van der Waals surface area (Å²) < 4.78 is 31.9. The first-order valence-corrected chi connectivity index (χ1v) is 10.7. The van der Waals surface area contributed by atoms with Gasteiger partial charge in [-0.3, -0.25) is 14.4 Å². The molecule has 9 heteroatoms. The van der Waals surface area contributed by atoms with E-state index in [2.05, 4.69) is 5.32 Å². The molecule has 28 heavy (non-hydrogen) atoms. The number of rotatable bonds is 8. The van der Waals surface area contributed by atoms with Crippen molar-refractivity contribution in [2.24, 2.45) is 5.92 Å². The third kappa shape index (κ3) is 5.62. The number of carbonyl (C=O) groups is 3. The molecule has 0 saturated carbocycles. The van der Waals surface area contributed by atoms with Crippen LogP contribution in [-0.2, 0) is 24.3 Å². The number of nitrogens with one attached hydrogen (secondary N) is 1. The molecule has 0 aliphatic carbocycles. The van der Waals surface area contributed by atoms with Gasteiger partial charge in [-0.05, 0) is 38.3 Å². The summed E-state index contributed by atoms with van der Waals surface area (Å²) in [6.45, 7) is 3.85. The molecule has 1 fully saturated rings. The largest absolute Gasteiger partial charge is 0.455 e. The van der Waals surface area contributed by atoms with Crippen molar-refractivity contribution in [1.82, 2.24) is 9.62 Å². The summed E-state index contributed by atoms with van der Waals surface area (Å²) in [6.07, 6.45) is 1.43. The topological polar surface area (TPSA) is 110 Å². The van der Waals surface area contributed by atoms with Crippen LogP contribution in [0.25, 0.3) is 0 Å². The van der Waals surface area contributed by atoms with Gasteiger partial charge >= 0.3 is 5.97 Å². The standard InChI is InChI=1S/C19H26N2O6S/c1-3-9-20-18(23)13-27-19(24)15-7-10-21(11-8-15)28(25,26)17-6-4-5-16(12-17)14(2)22/h4-6,12,15H,3,7-11,13H2,1-2H3,(H,20,23). The van der Waals surface area contributed by atoms with Crippen LogP contribution in [0.2, 0.25) is 0 Å². The van der Waals surface area contributed by atoms with E-state index in [9.17, 15) is 22.8 Å². The Balaban J connectivity index is 1.92. The van der Waals surface area contributed by atoms with E-state index in [1.165, 1.54) is 29.4 Å². The van der Waals surface area contributed by atoms with Gasteiger partial charge in [0.05, 0.1) is 10.8 Å². The number of piperidine rings is 1. The number of ketones is 1. The number of sulfonamides is 1. The molecule has 1 saturated heterocycles. The lowest BCUT2D eigenvalue weighted by atomic mass is 9.98. The molecular formula is C19H26N2O6S. The lowest BCUT2D eigenvalue weighted by Crippen LogP contribution is -2.41. The molecule has 0 unspecified atom stereocenters. The highest BCUT2D eigenvalue weighted by Gasteiger charge is 2.33. The van der Waals surface area contributed by atoms with E-state index in [-0.39, 0.29) is 36.3 Å². The lowest BCUT2D eigenvalue weighted by Gasteiger charge is -2.30. The predicted molar refractivity (Wildman–Crippen MR) is 102 cm³/mol. The first kappa shape index (κ1) is 22.0. The minimum atomic E-state index is -3.74. The fraction of sp³-hybridized carbons (Fsp3) is 0.526. The summed E-state index contributed by atoms with van der Waals surface area (Å²) in [5, 5.41) is 2.62. The van der Waals surface area contributed by atoms with E-state index in [0.717, 1.165) is 6.42 Å². The Morgan fingerprint density at radius 2 is 1.89 bits per heavy atom. The monoisotopic (exact) mass is 410 g/mol. The Bertz CT molecular complexity index is 829. The maximum atomic E-state index is 12.8. The molecule has 0 bridgehead atoms. The van der Waals surface area contributed by atoms with Crippen LogP contribution in [0.4, 0.5) is 0 Å². The number of carbonyl (C=O) groups excluding carboxylic acids is 3. The van der Waals surface area contributed by atoms with Crippen molar-refractivity contribution in [2.75, 3.05) is 26.2 Å². The SMILES string of the molecule is CCCNC(=O)COC(=O)C1CCN(S(=O)(=O)c2cccc(C(C)=O)c2)CC1. The van der Waals surface area contributed by atoms with Crippen molar-refractivity contribution in [3.8, 4) is 0 Å². The second-order valence-electron chi connectivity index (χ2n) is 6.72. The summed E-state index contributed by atoms with van der Waals surface area (Å²) in [5.74, 6) is -1.47. The van der Waals surface area contributed by atoms with Crippen molar-refractivity contribution in [3.63, 3.8) is 0 Å². The number of amides is 1. The molecule has 0 spiro atoms. The van der Waals surface area contributed by atoms with Crippen molar-refractivity contribution >= 4 is 27.7 Å². The average Bonchev–Trinajstić information content (AvgIpc) is 2.70. The summed E-state index contributed by atoms with van der Waals surface area (Å²) >= 11 is 0. The highest BCUT2D eigenvalue weighted by atomic mass is 32.2. The number of hydrogen-bond acceptors (Lipinski definition) is 6. The summed E-state index contributed by atoms with van der Waals surface area (Å²) in [6, 6.07) is 5.93. The first-order chi connectivity index (χ1) is 13.3. The Labute approximate surface area is 165 Å². The van der Waals surface area contributed by atoms with Gasteiger partial charge in [-0.25, -0.2) is 8.42 Å². The fourth-order valence-electron chi connectivity index (χ4n) is 2.93. The number of hydrogen-bond donors (Lipinski definition) is 1. The smallest absolute Gasteiger partial charge is 0.309 e. The van der Waals surface area contributed by atoms with Gasteiger partial charge in [-0.2, -0.15) is 4.31 Å². The molecule has 1 N–H and O–H groups in total. The molecule has 0 aromatic heterocycles. The van der Waals surface area contributed by atoms with Crippen molar-refractivity contribution < 1.29 is 27.5 Å². The van der Waals surface area contributed by atoms with E-state index in [4.69, 9.17) is 4.74 Å². The van der Waals surface area contributed by atoms with Gasteiger partial charge in [0.2, 0.25) is 10.0 Å². The second kappa shape index (κ2) is 9.79. The van der Waals surface area contributed by atoms with Crippen molar-refractivity contribution in [1.29, 1.82) is 0 Å². The Hall–Kier alpha value is -2.26. The summed E-state index contributed by atoms with van der Waals surface area (Å²) in [4.78, 5) is 35.2. The second-order valence-corrected chi connectivity index (χ2v) is 8.66. The zero-order valence-corrected chi connectivity index (χ0v) is 17.0. The molecule has 1 heterocycles. The summed E-state index contributed by atoms with van der Waals surface area (Å²) in [7, 11) is -3.74. The van der Waals surface area contributed by atoms with Crippen LogP contribution in [0.5, 0.6) is 0 Å². The predicted octanol–water partition coefficient (Wildman–Crippen LogP) is 1.36. The van der Waals surface area contributed by atoms with E-state index in [0.29, 0.717) is 24.9 Å². The number of esters is 1. The molecule has 1 aromatic rings. The van der Waals surface area contributed by atoms with Gasteiger partial charge in [0, 0.05) is 25.2 Å². The van der Waals surface area contributed by atoms with Crippen LogP contribution in [0, 0.1) is 5.92 Å². The molecule has 2 rings (SSSR count). The van der Waals surface area contributed by atoms with Crippen LogP contribution < -0.4 is 5.32 Å². The Kier molecular flexibility index (Phi) is 7.70. The van der Waals surface area contributed by atoms with E-state index in [1.807, 2.05) is 6.92 Å². The minimum Gasteiger partial charge on any atom is -0.455 e. The van der Waals surface area contributed by atoms with Gasteiger partial charge in [0.1, 0.15) is 0 Å². The molecular weight excluding hydrogens is 384 g/mol. The van der Waals surface area contributed by atoms with E-state index >= 15 is 0 Å². The van der Waals surface area contributed by atoms with Crippen LogP contribution >= 0.6 is 0 Å². The summed E-state index contributed by atoms with van der Waals surface area (Å²) in [5.41, 5.74) is 0.334. The first-order valence-electron chi connectivity index (χ1n) is 9.30. The maximum absolute atomic E-state index is 12.8. The van der Waals surface area contributed by atoms with E-state index < -0.39 is 21.9 Å². The van der Waals surface area contributed by atoms with Crippen LogP contribution in [0.15, 0.2) is 29.2 Å². The molecule has 1 aliphatic rings. The molecule has 1 amide bonds. The molecule has 0 atom stereocenters. The highest BCUT2D eigenvalue weighted by molar-refractivity contribution is 7.89. The molecule has 1 aromatic carbocycles. The van der Waals surface area contributed by atoms with Crippen LogP contribution in [0.3, 0.4) is 0 Å². The third-order valence-electron chi connectivity index (χ3n) is 4.58. The zero-order valence-electron chi connectivity index (χ0n) is 16.1. The Morgan fingerprint density at radius 3 is 2.50 bits per heavy atom. The molecule has 1 aliphatic heterocycles. The third-order valence-corrected chi connectivity index (χ3v) is 6.48. The number of Topliss-reactive ketones (excluding diaryl/α,β-unsaturated/α-hetero) is 1. The van der Waals surface area contributed by atoms with Gasteiger partial charge in [-0.15, -0.1) is 0 Å². The maximum Gasteiger partial charge on any atom is 0.309 e. The van der Waals surface area contributed by atoms with Gasteiger partial charge in [0.25, 0.3) is 5.91 Å². The van der Waals surface area contributed by atoms with Gasteiger partial charge < -0.3 is 10.1 Å². The Morgan fingerprint density at radius 1 is 1.21 bits per heavy atom. The normalized spacial score (nSPS) is 15.8. The number of benzene rings is 1. The number of ether oxygens (including phenoxy) is 1. The van der Waals surface area contributed by atoms with Crippen LogP contribution in [-0.4, -0.2) is 56.6 Å². The van der Waals surface area contributed by atoms with E-state index in [1.54, 1.807) is 6.07 Å². The molecule has 0 radical (unpaired) electrons. The molecule has 8 nitrogen and oxygen atoms in total. The van der Waals surface area contributed by atoms with Crippen molar-refractivity contribution in [2.45, 2.75) is 38.0 Å². The highest BCUT2D eigenvalue weighted by Crippen LogP contribution is 2.25. The van der Waals surface area contributed by atoms with Crippen molar-refractivity contribution in [3.05, 3.63) is 29.8 Å².